The van der Waals surface area contributed by atoms with E-state index in [9.17, 15) is 9.59 Å². The average molecular weight is 372 g/mol. The standard InChI is InChI=1S/C20H24N2O3S/c1-13-5-6-14(2)18(11-13)22-20(24)15(3)26-12-19(23)21-16-7-9-17(25-4)10-8-16/h5-11,15H,12H2,1-4H3,(H,21,23)(H,22,24)/t15-/m1/s1. The number of methoxy groups -OCH3 is 1. The number of carbonyl (C=O) groups is 2. The summed E-state index contributed by atoms with van der Waals surface area (Å²) >= 11 is 1.30. The van der Waals surface area contributed by atoms with Gasteiger partial charge in [0, 0.05) is 11.4 Å². The molecule has 0 fully saturated rings. The number of anilines is 2. The number of thioether (sulfide) groups is 1. The molecule has 2 N–H and O–H groups in total. The van der Waals surface area contributed by atoms with E-state index in [0.29, 0.717) is 5.69 Å². The molecule has 0 aliphatic carbocycles. The maximum absolute atomic E-state index is 12.3. The maximum atomic E-state index is 12.3. The molecule has 2 aromatic carbocycles. The molecule has 0 aliphatic rings. The summed E-state index contributed by atoms with van der Waals surface area (Å²) in [4.78, 5) is 24.4. The number of amides is 2. The predicted octanol–water partition coefficient (Wildman–Crippen LogP) is 4.01. The van der Waals surface area contributed by atoms with Crippen molar-refractivity contribution in [3.63, 3.8) is 0 Å². The maximum Gasteiger partial charge on any atom is 0.237 e. The molecule has 2 rings (SSSR count). The molecule has 2 aromatic rings. The Balaban J connectivity index is 1.82. The van der Waals surface area contributed by atoms with Gasteiger partial charge in [0.2, 0.25) is 11.8 Å². The quantitative estimate of drug-likeness (QED) is 0.771. The van der Waals surface area contributed by atoms with Gasteiger partial charge in [-0.2, -0.15) is 0 Å². The lowest BCUT2D eigenvalue weighted by molar-refractivity contribution is -0.115. The molecule has 0 aliphatic heterocycles. The summed E-state index contributed by atoms with van der Waals surface area (Å²) in [5.41, 5.74) is 3.61. The first-order chi connectivity index (χ1) is 12.4. The number of hydrogen-bond donors (Lipinski definition) is 2. The second kappa shape index (κ2) is 9.29. The van der Waals surface area contributed by atoms with Crippen molar-refractivity contribution in [1.82, 2.24) is 0 Å². The van der Waals surface area contributed by atoms with Crippen LogP contribution in [-0.2, 0) is 9.59 Å². The van der Waals surface area contributed by atoms with E-state index in [1.165, 1.54) is 11.8 Å². The van der Waals surface area contributed by atoms with Crippen LogP contribution < -0.4 is 15.4 Å². The fraction of sp³-hybridized carbons (Fsp3) is 0.300. The van der Waals surface area contributed by atoms with Gasteiger partial charge >= 0.3 is 0 Å². The molecule has 0 unspecified atom stereocenters. The van der Waals surface area contributed by atoms with Gasteiger partial charge in [-0.15, -0.1) is 11.8 Å². The van der Waals surface area contributed by atoms with Crippen LogP contribution in [-0.4, -0.2) is 29.9 Å². The highest BCUT2D eigenvalue weighted by Gasteiger charge is 2.16. The third-order valence-corrected chi connectivity index (χ3v) is 5.00. The molecule has 26 heavy (non-hydrogen) atoms. The van der Waals surface area contributed by atoms with Crippen LogP contribution in [0.2, 0.25) is 0 Å². The van der Waals surface area contributed by atoms with Crippen LogP contribution in [0.25, 0.3) is 0 Å². The van der Waals surface area contributed by atoms with Gasteiger partial charge in [0.1, 0.15) is 5.75 Å². The van der Waals surface area contributed by atoms with Gasteiger partial charge in [0.05, 0.1) is 18.1 Å². The highest BCUT2D eigenvalue weighted by Crippen LogP contribution is 2.20. The third-order valence-electron chi connectivity index (χ3n) is 3.86. The van der Waals surface area contributed by atoms with E-state index in [1.54, 1.807) is 38.3 Å². The van der Waals surface area contributed by atoms with Crippen molar-refractivity contribution in [2.75, 3.05) is 23.5 Å². The first-order valence-corrected chi connectivity index (χ1v) is 9.37. The van der Waals surface area contributed by atoms with Crippen LogP contribution in [0, 0.1) is 13.8 Å². The second-order valence-electron chi connectivity index (χ2n) is 6.04. The Morgan fingerprint density at radius 3 is 2.42 bits per heavy atom. The van der Waals surface area contributed by atoms with Gasteiger partial charge in [-0.3, -0.25) is 9.59 Å². The molecule has 5 nitrogen and oxygen atoms in total. The molecule has 0 saturated carbocycles. The van der Waals surface area contributed by atoms with Crippen LogP contribution in [0.1, 0.15) is 18.1 Å². The summed E-state index contributed by atoms with van der Waals surface area (Å²) in [7, 11) is 1.59. The molecule has 1 atom stereocenters. The fourth-order valence-corrected chi connectivity index (χ4v) is 2.94. The van der Waals surface area contributed by atoms with Crippen LogP contribution >= 0.6 is 11.8 Å². The molecule has 2 amide bonds. The summed E-state index contributed by atoms with van der Waals surface area (Å²) in [5, 5.41) is 5.40. The van der Waals surface area contributed by atoms with E-state index in [0.717, 1.165) is 22.6 Å². The highest BCUT2D eigenvalue weighted by atomic mass is 32.2. The van der Waals surface area contributed by atoms with Gasteiger partial charge in [-0.05, 0) is 62.2 Å². The molecule has 138 valence electrons. The fourth-order valence-electron chi connectivity index (χ4n) is 2.25. The summed E-state index contributed by atoms with van der Waals surface area (Å²) in [5.74, 6) is 0.676. The normalized spacial score (nSPS) is 11.5. The third kappa shape index (κ3) is 5.81. The largest absolute Gasteiger partial charge is 0.497 e. The smallest absolute Gasteiger partial charge is 0.237 e. The first kappa shape index (κ1) is 19.8. The Morgan fingerprint density at radius 2 is 1.77 bits per heavy atom. The molecule has 0 spiro atoms. The number of nitrogens with one attached hydrogen (secondary N) is 2. The summed E-state index contributed by atoms with van der Waals surface area (Å²) in [6.45, 7) is 5.73. The Kier molecular flexibility index (Phi) is 7.09. The van der Waals surface area contributed by atoms with Gasteiger partial charge in [-0.1, -0.05) is 12.1 Å². The molecule has 0 aromatic heterocycles. The molecular weight excluding hydrogens is 348 g/mol. The van der Waals surface area contributed by atoms with Gasteiger partial charge in [0.15, 0.2) is 0 Å². The van der Waals surface area contributed by atoms with E-state index >= 15 is 0 Å². The molecule has 6 heteroatoms. The van der Waals surface area contributed by atoms with Gasteiger partial charge in [-0.25, -0.2) is 0 Å². The van der Waals surface area contributed by atoms with Crippen molar-refractivity contribution in [3.05, 3.63) is 53.6 Å². The Morgan fingerprint density at radius 1 is 1.08 bits per heavy atom. The summed E-state index contributed by atoms with van der Waals surface area (Å²) < 4.78 is 5.08. The van der Waals surface area contributed by atoms with Crippen molar-refractivity contribution < 1.29 is 14.3 Å². The predicted molar refractivity (Wildman–Crippen MR) is 108 cm³/mol. The minimum Gasteiger partial charge on any atom is -0.497 e. The number of hydrogen-bond acceptors (Lipinski definition) is 4. The van der Waals surface area contributed by atoms with E-state index in [4.69, 9.17) is 4.74 Å². The van der Waals surface area contributed by atoms with Crippen LogP contribution in [0.15, 0.2) is 42.5 Å². The van der Waals surface area contributed by atoms with E-state index < -0.39 is 0 Å². The monoisotopic (exact) mass is 372 g/mol. The summed E-state index contributed by atoms with van der Waals surface area (Å²) in [6.07, 6.45) is 0. The van der Waals surface area contributed by atoms with E-state index in [-0.39, 0.29) is 22.8 Å². The molecule has 0 bridgehead atoms. The molecule has 0 saturated heterocycles. The molecular formula is C20H24N2O3S. The lowest BCUT2D eigenvalue weighted by Gasteiger charge is -2.14. The minimum absolute atomic E-state index is 0.110. The van der Waals surface area contributed by atoms with Crippen molar-refractivity contribution >= 4 is 35.0 Å². The SMILES string of the molecule is COc1ccc(NC(=O)CS[C@H](C)C(=O)Nc2cc(C)ccc2C)cc1. The van der Waals surface area contributed by atoms with Crippen LogP contribution in [0.4, 0.5) is 11.4 Å². The number of rotatable bonds is 7. The molecule has 0 heterocycles. The first-order valence-electron chi connectivity index (χ1n) is 8.32. The lowest BCUT2D eigenvalue weighted by atomic mass is 10.1. The Bertz CT molecular complexity index is 775. The van der Waals surface area contributed by atoms with Crippen molar-refractivity contribution in [1.29, 1.82) is 0 Å². The van der Waals surface area contributed by atoms with Crippen molar-refractivity contribution in [3.8, 4) is 5.75 Å². The minimum atomic E-state index is -0.337. The zero-order valence-electron chi connectivity index (χ0n) is 15.5. The van der Waals surface area contributed by atoms with E-state index in [2.05, 4.69) is 10.6 Å². The van der Waals surface area contributed by atoms with Crippen molar-refractivity contribution in [2.24, 2.45) is 0 Å². The lowest BCUT2D eigenvalue weighted by Crippen LogP contribution is -2.25. The zero-order chi connectivity index (χ0) is 19.1. The Labute approximate surface area is 158 Å². The number of aryl methyl sites for hydroxylation is 2. The van der Waals surface area contributed by atoms with Crippen LogP contribution in [0.5, 0.6) is 5.75 Å². The van der Waals surface area contributed by atoms with Gasteiger partial charge < -0.3 is 15.4 Å². The Hall–Kier alpha value is -2.47. The highest BCUT2D eigenvalue weighted by molar-refractivity contribution is 8.01. The zero-order valence-corrected chi connectivity index (χ0v) is 16.3. The number of ether oxygens (including phenoxy) is 1. The number of benzene rings is 2. The van der Waals surface area contributed by atoms with Gasteiger partial charge in [0.25, 0.3) is 0 Å². The average Bonchev–Trinajstić information content (AvgIpc) is 2.63. The molecule has 0 radical (unpaired) electrons. The van der Waals surface area contributed by atoms with Crippen LogP contribution in [0.3, 0.4) is 0 Å². The van der Waals surface area contributed by atoms with E-state index in [1.807, 2.05) is 32.0 Å². The number of carbonyl (C=O) groups excluding carboxylic acids is 2. The topological polar surface area (TPSA) is 67.4 Å². The summed E-state index contributed by atoms with van der Waals surface area (Å²) in [6, 6.07) is 13.0. The van der Waals surface area contributed by atoms with Crippen molar-refractivity contribution in [2.45, 2.75) is 26.0 Å². The second-order valence-corrected chi connectivity index (χ2v) is 7.37.